The normalized spacial score (nSPS) is 14.9. The second kappa shape index (κ2) is 40.1. The van der Waals surface area contributed by atoms with Crippen LogP contribution in [-0.4, -0.2) is 144 Å². The molecule has 3 saturated heterocycles. The van der Waals surface area contributed by atoms with Gasteiger partial charge in [-0.25, -0.2) is 41.1 Å². The molecule has 3 aromatic carbocycles. The van der Waals surface area contributed by atoms with E-state index in [1.807, 2.05) is 25.1 Å². The number of rotatable bonds is 14. The van der Waals surface area contributed by atoms with Crippen LogP contribution in [0.15, 0.2) is 172 Å². The lowest BCUT2D eigenvalue weighted by Gasteiger charge is -2.31. The van der Waals surface area contributed by atoms with Crippen LogP contribution >= 0.6 is 34.8 Å². The molecule has 612 valence electrons. The molecule has 14 rings (SSSR count). The van der Waals surface area contributed by atoms with Crippen molar-refractivity contribution in [1.29, 1.82) is 0 Å². The van der Waals surface area contributed by atoms with Gasteiger partial charge in [-0.15, -0.1) is 0 Å². The fourth-order valence-electron chi connectivity index (χ4n) is 11.8. The lowest BCUT2D eigenvalue weighted by molar-refractivity contribution is -0.156. The third kappa shape index (κ3) is 24.4. The lowest BCUT2D eigenvalue weighted by Crippen LogP contribution is -2.42. The molecule has 0 aliphatic carbocycles. The third-order valence-electron chi connectivity index (χ3n) is 18.0. The number of hydrogen-bond acceptors (Lipinski definition) is 17. The number of piperidine rings is 3. The molecule has 34 heteroatoms. The zero-order valence-electron chi connectivity index (χ0n) is 62.5. The molecule has 3 aliphatic rings. The molecule has 0 spiro atoms. The summed E-state index contributed by atoms with van der Waals surface area (Å²) in [7, 11) is 0. The first-order valence-corrected chi connectivity index (χ1v) is 36.6. The molecule has 8 aromatic heterocycles. The number of nitrogens with one attached hydrogen (secondary N) is 1. The largest absolute Gasteiger partial charge is 0.478 e. The average molecular weight is 1670 g/mol. The van der Waals surface area contributed by atoms with Gasteiger partial charge < -0.3 is 55.6 Å². The summed E-state index contributed by atoms with van der Waals surface area (Å²) in [5.41, 5.74) is 27.6. The molecular weight excluding hydrogens is 1590 g/mol. The summed E-state index contributed by atoms with van der Waals surface area (Å²) in [6.45, 7) is 5.07. The van der Waals surface area contributed by atoms with Gasteiger partial charge in [0.25, 0.3) is 35.5 Å². The van der Waals surface area contributed by atoms with Gasteiger partial charge in [-0.3, -0.25) is 38.9 Å². The van der Waals surface area contributed by atoms with Crippen LogP contribution in [-0.2, 0) is 33.9 Å². The number of carbonyl (C=O) groups is 6. The Morgan fingerprint density at radius 3 is 1.16 bits per heavy atom. The van der Waals surface area contributed by atoms with E-state index in [0.717, 1.165) is 56.6 Å². The van der Waals surface area contributed by atoms with Crippen molar-refractivity contribution in [3.8, 4) is 33.8 Å². The number of pyridine rings is 5. The molecule has 11 heterocycles. The van der Waals surface area contributed by atoms with E-state index >= 15 is 0 Å². The Kier molecular flexibility index (Phi) is 30.5. The number of halogens is 12. The van der Waals surface area contributed by atoms with E-state index in [4.69, 9.17) is 76.5 Å². The number of likely N-dealkylation sites (tertiary alicyclic amines) is 3. The number of nitrogen functional groups attached to an aromatic ring is 2. The Morgan fingerprint density at radius 1 is 0.534 bits per heavy atom. The van der Waals surface area contributed by atoms with Crippen molar-refractivity contribution in [2.75, 3.05) is 50.7 Å². The number of carbonyl (C=O) groups excluding carboxylic acids is 5. The molecule has 8 N–H and O–H groups in total. The first kappa shape index (κ1) is 88.3. The van der Waals surface area contributed by atoms with Crippen LogP contribution in [0.2, 0.25) is 15.1 Å². The van der Waals surface area contributed by atoms with Crippen molar-refractivity contribution >= 4 is 127 Å². The van der Waals surface area contributed by atoms with E-state index in [1.54, 1.807) is 111 Å². The monoisotopic (exact) mass is 1670 g/mol. The minimum Gasteiger partial charge on any atom is -0.478 e. The summed E-state index contributed by atoms with van der Waals surface area (Å²) in [6.07, 6.45) is 11.0. The van der Waals surface area contributed by atoms with Crippen molar-refractivity contribution < 1.29 is 88.0 Å². The minimum absolute atomic E-state index is 0. The number of amides is 4. The molecule has 0 radical (unpaired) electrons. The summed E-state index contributed by atoms with van der Waals surface area (Å²) in [4.78, 5) is 94.2. The maximum absolute atomic E-state index is 13.4. The zero-order chi connectivity index (χ0) is 84.2. The van der Waals surface area contributed by atoms with Crippen molar-refractivity contribution in [2.45, 2.75) is 110 Å². The summed E-state index contributed by atoms with van der Waals surface area (Å²) in [5, 5.41) is 14.9. The number of furan rings is 3. The van der Waals surface area contributed by atoms with Crippen molar-refractivity contribution in [3.63, 3.8) is 0 Å². The highest BCUT2D eigenvalue weighted by atomic mass is 35.5. The van der Waals surface area contributed by atoms with Gasteiger partial charge in [-0.1, -0.05) is 63.0 Å². The molecule has 3 fully saturated rings. The standard InChI is InChI=1S/C28H24ClF2N5O3.C21H19ClF2N2O2.C20H18ClF2N3O2.C8H8N2O2.C2HF3O.C2H6.CH4/c29-22-12-19(23-4-3-18(14-33-23)27(38)36-9-7-28(30,31)8-10-36)11-21-20(16-39-26(21)22)15-35-25(37)6-2-17-1-5-24(32)34-13-17;1-2-13-12-28-19-16(13)9-15(10-17(19)22)18-4-3-14(11-25-18)20(27)26-7-5-21(23,24)6-8-26;21-16-8-13(7-15-14(9-24)11-28-18(15)16)17-2-1-12(10-25-17)19(27)26-5-3-20(22,23)4-6-26;9-7-3-1-6(5-10-7)2-4-8(11)12;3-2(4,5)1-6;1-2;/h1-6,11-14,16H,7-10,15H2,(H2,32,34)(H,35,37);3-4,9-12H,2,5-8H2,1H3;1-2,7-8,10-11H,3-6,9,24H2;1-5H,(H2,9,10)(H,11,12);1H;1-2H3;1H4/b6-2+;;;4-2+;;;/i;;;;;1D;. The highest BCUT2D eigenvalue weighted by molar-refractivity contribution is 6.36. The second-order valence-corrected chi connectivity index (χ2v) is 27.2. The molecule has 0 saturated carbocycles. The van der Waals surface area contributed by atoms with Gasteiger partial charge in [0, 0.05) is 179 Å². The Morgan fingerprint density at radius 2 is 0.862 bits per heavy atom. The number of aromatic nitrogens is 5. The molecule has 116 heavy (non-hydrogen) atoms. The molecule has 11 aromatic rings. The van der Waals surface area contributed by atoms with E-state index in [-0.39, 0.29) is 115 Å². The lowest BCUT2D eigenvalue weighted by atomic mass is 10.0. The maximum Gasteiger partial charge on any atom is 0.446 e. The van der Waals surface area contributed by atoms with Crippen LogP contribution in [0.25, 0.3) is 78.8 Å². The summed E-state index contributed by atoms with van der Waals surface area (Å²) >= 11 is 19.1. The van der Waals surface area contributed by atoms with Crippen LogP contribution in [0, 0.1) is 0 Å². The SMILES string of the molecule is C.CCc1coc2c(Cl)cc(-c3ccc(C(=O)N4CCC(F)(F)CC4)cn3)cc12.NCc1coc2c(Cl)cc(-c3ccc(C(=O)N4CCC(F)(F)CC4)cn3)cc12.Nc1ccc(/C=C/C(=O)NCc2coc3c(Cl)cc(-c4ccc(C(=O)N5CCC(F)(F)CC5)cn4)cc23)cn1.Nc1ccc(/C=C/C(=O)O)cn1.O=CC(F)(F)F.[2H]CC. The predicted octanol–water partition coefficient (Wildman–Crippen LogP) is 18.6. The minimum atomic E-state index is -4.64. The fraction of sp³-hybridized carbons (Fsp3) is 0.280. The third-order valence-corrected chi connectivity index (χ3v) is 18.9. The van der Waals surface area contributed by atoms with Crippen LogP contribution in [0.5, 0.6) is 0 Å². The van der Waals surface area contributed by atoms with Gasteiger partial charge >= 0.3 is 12.1 Å². The smallest absolute Gasteiger partial charge is 0.446 e. The number of carboxylic acids is 1. The number of aliphatic carboxylic acids is 1. The van der Waals surface area contributed by atoms with Gasteiger partial charge in [0.05, 0.1) is 67.6 Å². The molecule has 3 aliphatic heterocycles. The molecule has 4 amide bonds. The quantitative estimate of drug-likeness (QED) is 0.0384. The molecule has 0 bridgehead atoms. The highest BCUT2D eigenvalue weighted by Gasteiger charge is 2.38. The average Bonchev–Trinajstić information content (AvgIpc) is 1.70. The number of anilines is 2. The van der Waals surface area contributed by atoms with Crippen LogP contribution in [0.4, 0.5) is 51.1 Å². The number of nitrogens with two attached hydrogens (primary N) is 3. The number of carboxylic acid groups (broad SMARTS) is 1. The van der Waals surface area contributed by atoms with Gasteiger partial charge in [0.2, 0.25) is 12.2 Å². The molecule has 0 unspecified atom stereocenters. The first-order valence-electron chi connectivity index (χ1n) is 36.1. The highest BCUT2D eigenvalue weighted by Crippen LogP contribution is 2.38. The Bertz CT molecular complexity index is 5130. The van der Waals surface area contributed by atoms with Crippen LogP contribution in [0.1, 0.15) is 127 Å². The summed E-state index contributed by atoms with van der Waals surface area (Å²) < 4.78 is 134. The fourth-order valence-corrected chi connectivity index (χ4v) is 12.6. The summed E-state index contributed by atoms with van der Waals surface area (Å²) in [5.74, 6) is -9.45. The number of fused-ring (bicyclic) bond motifs is 3. The predicted molar refractivity (Wildman–Crippen MR) is 426 cm³/mol. The van der Waals surface area contributed by atoms with Gasteiger partial charge in [0.15, 0.2) is 16.7 Å². The maximum atomic E-state index is 13.4. The van der Waals surface area contributed by atoms with E-state index in [1.165, 1.54) is 57.9 Å². The Labute approximate surface area is 675 Å². The first-order chi connectivity index (χ1) is 55.1. The molecule has 0 atom stereocenters. The number of alkyl halides is 9. The summed E-state index contributed by atoms with van der Waals surface area (Å²) in [6, 6.07) is 27.7. The number of benzene rings is 3. The number of nitrogens with zero attached hydrogens (tertiary/aromatic N) is 8. The van der Waals surface area contributed by atoms with E-state index in [9.17, 15) is 63.5 Å². The van der Waals surface area contributed by atoms with E-state index in [2.05, 4.69) is 30.2 Å². The number of hydrogen-bond donors (Lipinski definition) is 5. The van der Waals surface area contributed by atoms with Crippen molar-refractivity contribution in [1.82, 2.24) is 44.9 Å². The van der Waals surface area contributed by atoms with Crippen molar-refractivity contribution in [2.24, 2.45) is 5.73 Å². The molecule has 22 nitrogen and oxygen atoms in total. The second-order valence-electron chi connectivity index (χ2n) is 26.0. The number of aryl methyl sites for hydroxylation is 1. The van der Waals surface area contributed by atoms with Crippen molar-refractivity contribution in [3.05, 3.63) is 219 Å². The molecular formula is C82H80Cl3F9N12O10. The van der Waals surface area contributed by atoms with Gasteiger partial charge in [-0.05, 0) is 132 Å². The van der Waals surface area contributed by atoms with E-state index in [0.29, 0.717) is 107 Å². The van der Waals surface area contributed by atoms with Crippen LogP contribution < -0.4 is 22.5 Å². The Hall–Kier alpha value is -11.7. The van der Waals surface area contributed by atoms with Crippen LogP contribution in [0.3, 0.4) is 0 Å². The van der Waals surface area contributed by atoms with E-state index < -0.39 is 36.2 Å². The van der Waals surface area contributed by atoms with Gasteiger partial charge in [0.1, 0.15) is 11.6 Å². The van der Waals surface area contributed by atoms with Gasteiger partial charge in [-0.2, -0.15) is 13.2 Å². The zero-order valence-corrected chi connectivity index (χ0v) is 63.8. The topological polar surface area (TPSA) is 326 Å². The number of aldehydes is 1. The Balaban J connectivity index is 0.000000196.